The molecule has 214 valence electrons. The van der Waals surface area contributed by atoms with E-state index in [2.05, 4.69) is 70.6 Å². The summed E-state index contributed by atoms with van der Waals surface area (Å²) in [6.07, 6.45) is 7.40. The second-order valence-corrected chi connectivity index (χ2v) is 12.5. The molecule has 1 amide bonds. The van der Waals surface area contributed by atoms with Gasteiger partial charge in [0.2, 0.25) is 5.91 Å². The van der Waals surface area contributed by atoms with E-state index < -0.39 is 5.54 Å². The molecular formula is C33H45N5O2. The molecule has 2 saturated heterocycles. The van der Waals surface area contributed by atoms with Crippen molar-refractivity contribution in [3.05, 3.63) is 59.7 Å². The smallest absolute Gasteiger partial charge is 0.240 e. The van der Waals surface area contributed by atoms with Crippen molar-refractivity contribution in [2.24, 2.45) is 11.1 Å². The number of hydrogen-bond acceptors (Lipinski definition) is 6. The Morgan fingerprint density at radius 3 is 2.12 bits per heavy atom. The molecule has 1 spiro atoms. The third-order valence-corrected chi connectivity index (χ3v) is 9.35. The van der Waals surface area contributed by atoms with Crippen molar-refractivity contribution in [1.29, 1.82) is 5.26 Å². The largest absolute Gasteiger partial charge is 0.380 e. The van der Waals surface area contributed by atoms with E-state index >= 15 is 0 Å². The van der Waals surface area contributed by atoms with Gasteiger partial charge in [0.05, 0.1) is 24.8 Å². The van der Waals surface area contributed by atoms with E-state index in [1.165, 1.54) is 61.3 Å². The Morgan fingerprint density at radius 1 is 0.975 bits per heavy atom. The monoisotopic (exact) mass is 543 g/mol. The topological polar surface area (TPSA) is 94.6 Å². The Bertz CT molecular complexity index is 1150. The van der Waals surface area contributed by atoms with Gasteiger partial charge in [0.15, 0.2) is 0 Å². The number of ether oxygens (including phenoxy) is 1. The normalized spacial score (nSPS) is 22.2. The number of benzene rings is 2. The van der Waals surface area contributed by atoms with Gasteiger partial charge in [-0.3, -0.25) is 14.6 Å². The Morgan fingerprint density at radius 2 is 1.57 bits per heavy atom. The molecule has 40 heavy (non-hydrogen) atoms. The minimum absolute atomic E-state index is 0.0534. The first-order valence-electron chi connectivity index (χ1n) is 15.0. The van der Waals surface area contributed by atoms with Gasteiger partial charge in [-0.2, -0.15) is 5.26 Å². The first-order chi connectivity index (χ1) is 19.4. The molecule has 3 N–H and O–H groups in total. The predicted molar refractivity (Wildman–Crippen MR) is 158 cm³/mol. The lowest BCUT2D eigenvalue weighted by atomic mass is 9.63. The SMILES string of the molecule is Cc1ccc(-c2ccc(CN3CCN(C4CC5(COC5)C4)CC3)cc2)cc1.N#CCNC(=O)C1(N)CCCCC1. The molecule has 2 aromatic carbocycles. The molecule has 7 heteroatoms. The summed E-state index contributed by atoms with van der Waals surface area (Å²) in [6.45, 7) is 10.1. The minimum Gasteiger partial charge on any atom is -0.380 e. The van der Waals surface area contributed by atoms with Crippen LogP contribution in [0.4, 0.5) is 0 Å². The first kappa shape index (κ1) is 28.8. The molecule has 4 fully saturated rings. The number of nitrogens with zero attached hydrogens (tertiary/aromatic N) is 3. The molecule has 2 aromatic rings. The van der Waals surface area contributed by atoms with Crippen molar-refractivity contribution >= 4 is 5.91 Å². The van der Waals surface area contributed by atoms with Crippen LogP contribution >= 0.6 is 0 Å². The van der Waals surface area contributed by atoms with Crippen molar-refractivity contribution in [1.82, 2.24) is 15.1 Å². The summed E-state index contributed by atoms with van der Waals surface area (Å²) in [5.74, 6) is -0.172. The molecule has 0 aromatic heterocycles. The maximum atomic E-state index is 11.5. The van der Waals surface area contributed by atoms with Crippen LogP contribution < -0.4 is 11.1 Å². The van der Waals surface area contributed by atoms with Gasteiger partial charge in [-0.25, -0.2) is 0 Å². The molecule has 6 rings (SSSR count). The van der Waals surface area contributed by atoms with Gasteiger partial charge in [0, 0.05) is 44.2 Å². The predicted octanol–water partition coefficient (Wildman–Crippen LogP) is 4.25. The van der Waals surface area contributed by atoms with Gasteiger partial charge in [-0.15, -0.1) is 0 Å². The van der Waals surface area contributed by atoms with Gasteiger partial charge in [0.25, 0.3) is 0 Å². The average molecular weight is 544 g/mol. The van der Waals surface area contributed by atoms with Gasteiger partial charge >= 0.3 is 0 Å². The highest BCUT2D eigenvalue weighted by Crippen LogP contribution is 2.49. The van der Waals surface area contributed by atoms with Gasteiger partial charge < -0.3 is 15.8 Å². The summed E-state index contributed by atoms with van der Waals surface area (Å²) >= 11 is 0. The van der Waals surface area contributed by atoms with E-state index in [0.29, 0.717) is 5.41 Å². The van der Waals surface area contributed by atoms with Crippen LogP contribution in [0.1, 0.15) is 56.1 Å². The summed E-state index contributed by atoms with van der Waals surface area (Å²) < 4.78 is 5.41. The highest BCUT2D eigenvalue weighted by molar-refractivity contribution is 5.86. The zero-order valence-electron chi connectivity index (χ0n) is 24.0. The number of nitrogens with two attached hydrogens (primary N) is 1. The van der Waals surface area contributed by atoms with Crippen LogP contribution in [0.3, 0.4) is 0 Å². The highest BCUT2D eigenvalue weighted by Gasteiger charge is 2.51. The number of nitriles is 1. The van der Waals surface area contributed by atoms with Crippen LogP contribution in [0.15, 0.2) is 48.5 Å². The summed E-state index contributed by atoms with van der Waals surface area (Å²) in [5.41, 5.74) is 11.1. The Balaban J connectivity index is 0.000000210. The molecular weight excluding hydrogens is 498 g/mol. The lowest BCUT2D eigenvalue weighted by molar-refractivity contribution is -0.186. The standard InChI is InChI=1S/C24H30N2O.C9H15N3O/c1-19-2-6-21(7-3-19)22-8-4-20(5-9-22)16-25-10-12-26(13-11-25)23-14-24(15-23)17-27-18-24;10-6-7-12-8(13)9(11)4-2-1-3-5-9/h2-9,23H,10-18H2,1H3;1-5,7,11H2,(H,12,13). The van der Waals surface area contributed by atoms with Crippen molar-refractivity contribution < 1.29 is 9.53 Å². The first-order valence-corrected chi connectivity index (χ1v) is 15.0. The second-order valence-electron chi connectivity index (χ2n) is 12.5. The van der Waals surface area contributed by atoms with Gasteiger partial charge in [-0.05, 0) is 49.3 Å². The number of nitrogens with one attached hydrogen (secondary N) is 1. The van der Waals surface area contributed by atoms with E-state index in [1.807, 2.05) is 6.07 Å². The molecule has 0 radical (unpaired) electrons. The Labute approximate surface area is 239 Å². The average Bonchev–Trinajstić information content (AvgIpc) is 2.93. The van der Waals surface area contributed by atoms with Crippen molar-refractivity contribution in [2.45, 2.75) is 70.0 Å². The minimum atomic E-state index is -0.713. The fourth-order valence-corrected chi connectivity index (χ4v) is 6.62. The van der Waals surface area contributed by atoms with E-state index in [4.69, 9.17) is 15.7 Å². The third-order valence-electron chi connectivity index (χ3n) is 9.35. The Kier molecular flexibility index (Phi) is 9.22. The summed E-state index contributed by atoms with van der Waals surface area (Å²) in [7, 11) is 0. The van der Waals surface area contributed by atoms with Crippen LogP contribution in [0.5, 0.6) is 0 Å². The maximum Gasteiger partial charge on any atom is 0.240 e. The molecule has 2 aliphatic heterocycles. The van der Waals surface area contributed by atoms with Crippen LogP contribution in [0.25, 0.3) is 11.1 Å². The van der Waals surface area contributed by atoms with Crippen LogP contribution in [-0.2, 0) is 16.1 Å². The van der Waals surface area contributed by atoms with E-state index in [-0.39, 0.29) is 12.5 Å². The number of hydrogen-bond donors (Lipinski definition) is 2. The van der Waals surface area contributed by atoms with Crippen molar-refractivity contribution in [2.75, 3.05) is 45.9 Å². The van der Waals surface area contributed by atoms with Crippen LogP contribution in [0.2, 0.25) is 0 Å². The Hall–Kier alpha value is -2.76. The third kappa shape index (κ3) is 6.92. The zero-order chi connectivity index (χ0) is 28.0. The fraction of sp³-hybridized carbons (Fsp3) is 0.576. The van der Waals surface area contributed by atoms with Crippen LogP contribution in [-0.4, -0.2) is 73.2 Å². The zero-order valence-corrected chi connectivity index (χ0v) is 24.0. The van der Waals surface area contributed by atoms with E-state index in [9.17, 15) is 4.79 Å². The number of aryl methyl sites for hydroxylation is 1. The summed E-state index contributed by atoms with van der Waals surface area (Å²) in [4.78, 5) is 16.8. The number of carbonyl (C=O) groups is 1. The fourth-order valence-electron chi connectivity index (χ4n) is 6.62. The molecule has 2 heterocycles. The van der Waals surface area contributed by atoms with Crippen LogP contribution in [0, 0.1) is 23.7 Å². The number of carbonyl (C=O) groups excluding carboxylic acids is 1. The number of rotatable bonds is 6. The second kappa shape index (κ2) is 12.8. The summed E-state index contributed by atoms with van der Waals surface area (Å²) in [6, 6.07) is 20.6. The maximum absolute atomic E-state index is 11.5. The molecule has 7 nitrogen and oxygen atoms in total. The number of amides is 1. The lowest BCUT2D eigenvalue weighted by Crippen LogP contribution is -2.62. The van der Waals surface area contributed by atoms with Gasteiger partial charge in [0.1, 0.15) is 6.54 Å². The molecule has 0 bridgehead atoms. The van der Waals surface area contributed by atoms with E-state index in [1.54, 1.807) is 0 Å². The number of piperazine rings is 1. The quantitative estimate of drug-likeness (QED) is 0.529. The molecule has 2 saturated carbocycles. The molecule has 2 aliphatic carbocycles. The van der Waals surface area contributed by atoms with Crippen molar-refractivity contribution in [3.8, 4) is 17.2 Å². The molecule has 4 aliphatic rings. The van der Waals surface area contributed by atoms with Crippen molar-refractivity contribution in [3.63, 3.8) is 0 Å². The molecule has 0 unspecified atom stereocenters. The molecule has 0 atom stereocenters. The highest BCUT2D eigenvalue weighted by atomic mass is 16.5. The van der Waals surface area contributed by atoms with Gasteiger partial charge in [-0.1, -0.05) is 73.4 Å². The van der Waals surface area contributed by atoms with E-state index in [0.717, 1.165) is 57.9 Å². The lowest BCUT2D eigenvalue weighted by Gasteiger charge is -2.57. The summed E-state index contributed by atoms with van der Waals surface area (Å²) in [5, 5.41) is 10.8.